The van der Waals surface area contributed by atoms with Crippen LogP contribution in [0.2, 0.25) is 5.02 Å². The summed E-state index contributed by atoms with van der Waals surface area (Å²) in [6, 6.07) is 9.68. The van der Waals surface area contributed by atoms with E-state index in [0.717, 1.165) is 43.7 Å². The number of nitrogens with zero attached hydrogens (tertiary/aromatic N) is 4. The van der Waals surface area contributed by atoms with Crippen molar-refractivity contribution in [1.82, 2.24) is 19.6 Å². The Morgan fingerprint density at radius 3 is 2.84 bits per heavy atom. The number of aromatic nitrogens is 4. The van der Waals surface area contributed by atoms with E-state index in [9.17, 15) is 0 Å². The molecule has 4 aromatic rings. The lowest BCUT2D eigenvalue weighted by atomic mass is 10.0. The first-order valence-electron chi connectivity index (χ1n) is 7.81. The second-order valence-corrected chi connectivity index (χ2v) is 6.94. The summed E-state index contributed by atoms with van der Waals surface area (Å²) in [6.07, 6.45) is 1.70. The van der Waals surface area contributed by atoms with Crippen molar-refractivity contribution in [2.24, 2.45) is 0 Å². The SMILES string of the molecule is CCOc1ccc(Cl)c(-c2cc(Br)cc3c2nc(C)c2nncn23)c1. The highest BCUT2D eigenvalue weighted by molar-refractivity contribution is 9.10. The van der Waals surface area contributed by atoms with Gasteiger partial charge >= 0.3 is 0 Å². The molecule has 0 spiro atoms. The summed E-state index contributed by atoms with van der Waals surface area (Å²) < 4.78 is 8.49. The molecule has 2 aromatic carbocycles. The summed E-state index contributed by atoms with van der Waals surface area (Å²) in [7, 11) is 0. The Hall–Kier alpha value is -2.18. The van der Waals surface area contributed by atoms with Crippen LogP contribution in [-0.4, -0.2) is 26.2 Å². The molecule has 0 saturated heterocycles. The van der Waals surface area contributed by atoms with E-state index in [0.29, 0.717) is 11.6 Å². The molecule has 0 unspecified atom stereocenters. The fourth-order valence-corrected chi connectivity index (χ4v) is 3.60. The average Bonchev–Trinajstić information content (AvgIpc) is 3.08. The number of aryl methyl sites for hydroxylation is 1. The van der Waals surface area contributed by atoms with Crippen molar-refractivity contribution >= 4 is 44.2 Å². The van der Waals surface area contributed by atoms with Gasteiger partial charge in [0, 0.05) is 20.6 Å². The fraction of sp³-hybridized carbons (Fsp3) is 0.167. The lowest BCUT2D eigenvalue weighted by molar-refractivity contribution is 0.340. The zero-order valence-corrected chi connectivity index (χ0v) is 16.0. The molecular weight excluding hydrogens is 404 g/mol. The molecule has 0 aliphatic carbocycles. The number of hydrogen-bond donors (Lipinski definition) is 0. The summed E-state index contributed by atoms with van der Waals surface area (Å²) >= 11 is 10.1. The molecule has 2 aromatic heterocycles. The smallest absolute Gasteiger partial charge is 0.182 e. The van der Waals surface area contributed by atoms with Crippen molar-refractivity contribution in [3.63, 3.8) is 0 Å². The molecule has 4 rings (SSSR count). The van der Waals surface area contributed by atoms with Crippen molar-refractivity contribution < 1.29 is 4.74 Å². The van der Waals surface area contributed by atoms with Gasteiger partial charge < -0.3 is 4.74 Å². The van der Waals surface area contributed by atoms with E-state index in [1.807, 2.05) is 48.6 Å². The Balaban J connectivity index is 2.08. The second-order valence-electron chi connectivity index (χ2n) is 5.62. The molecule has 0 saturated carbocycles. The number of ether oxygens (including phenoxy) is 1. The van der Waals surface area contributed by atoms with E-state index in [1.165, 1.54) is 0 Å². The molecule has 0 amide bonds. The van der Waals surface area contributed by atoms with Gasteiger partial charge in [0.25, 0.3) is 0 Å². The maximum absolute atomic E-state index is 6.49. The van der Waals surface area contributed by atoms with Crippen molar-refractivity contribution in [3.05, 3.63) is 51.8 Å². The van der Waals surface area contributed by atoms with Gasteiger partial charge in [-0.3, -0.25) is 4.40 Å². The van der Waals surface area contributed by atoms with Crippen LogP contribution < -0.4 is 4.74 Å². The van der Waals surface area contributed by atoms with Gasteiger partial charge in [-0.1, -0.05) is 27.5 Å². The minimum absolute atomic E-state index is 0.596. The minimum Gasteiger partial charge on any atom is -0.494 e. The van der Waals surface area contributed by atoms with Crippen molar-refractivity contribution in [1.29, 1.82) is 0 Å². The predicted molar refractivity (Wildman–Crippen MR) is 102 cm³/mol. The third kappa shape index (κ3) is 2.75. The zero-order chi connectivity index (χ0) is 17.6. The van der Waals surface area contributed by atoms with Gasteiger partial charge in [0.15, 0.2) is 5.65 Å². The molecule has 0 bridgehead atoms. The van der Waals surface area contributed by atoms with E-state index >= 15 is 0 Å². The molecule has 0 aliphatic heterocycles. The van der Waals surface area contributed by atoms with Gasteiger partial charge in [-0.25, -0.2) is 4.98 Å². The van der Waals surface area contributed by atoms with Gasteiger partial charge in [0.1, 0.15) is 12.1 Å². The van der Waals surface area contributed by atoms with Crippen LogP contribution in [0.4, 0.5) is 0 Å². The number of benzene rings is 2. The van der Waals surface area contributed by atoms with Crippen LogP contribution >= 0.6 is 27.5 Å². The first kappa shape index (κ1) is 16.3. The summed E-state index contributed by atoms with van der Waals surface area (Å²) in [5.74, 6) is 0.775. The largest absolute Gasteiger partial charge is 0.494 e. The van der Waals surface area contributed by atoms with E-state index < -0.39 is 0 Å². The maximum Gasteiger partial charge on any atom is 0.182 e. The maximum atomic E-state index is 6.49. The highest BCUT2D eigenvalue weighted by Gasteiger charge is 2.15. The normalized spacial score (nSPS) is 11.4. The van der Waals surface area contributed by atoms with Crippen LogP contribution in [0, 0.1) is 6.92 Å². The molecule has 0 aliphatic rings. The molecule has 0 radical (unpaired) electrons. The summed E-state index contributed by atoms with van der Waals surface area (Å²) in [6.45, 7) is 4.48. The highest BCUT2D eigenvalue weighted by Crippen LogP contribution is 2.37. The van der Waals surface area contributed by atoms with Crippen molar-refractivity contribution in [2.45, 2.75) is 13.8 Å². The van der Waals surface area contributed by atoms with Gasteiger partial charge in [-0.05, 0) is 44.2 Å². The lowest BCUT2D eigenvalue weighted by Gasteiger charge is -2.13. The van der Waals surface area contributed by atoms with Gasteiger partial charge in [-0.2, -0.15) is 0 Å². The van der Waals surface area contributed by atoms with Gasteiger partial charge in [0.2, 0.25) is 0 Å². The Bertz CT molecular complexity index is 1110. The molecule has 25 heavy (non-hydrogen) atoms. The highest BCUT2D eigenvalue weighted by atomic mass is 79.9. The predicted octanol–water partition coefficient (Wildman–Crippen LogP) is 5.07. The Morgan fingerprint density at radius 2 is 2.04 bits per heavy atom. The van der Waals surface area contributed by atoms with Crippen LogP contribution in [-0.2, 0) is 0 Å². The van der Waals surface area contributed by atoms with Gasteiger partial charge in [-0.15, -0.1) is 10.2 Å². The first-order valence-corrected chi connectivity index (χ1v) is 8.98. The Kier molecular flexibility index (Phi) is 4.09. The number of halogens is 2. The lowest BCUT2D eigenvalue weighted by Crippen LogP contribution is -1.98. The molecule has 0 N–H and O–H groups in total. The first-order chi connectivity index (χ1) is 12.1. The Labute approximate surface area is 157 Å². The molecule has 0 fully saturated rings. The monoisotopic (exact) mass is 416 g/mol. The zero-order valence-electron chi connectivity index (χ0n) is 13.6. The standard InChI is InChI=1S/C18H14BrClN4O/c1-3-25-12-4-5-15(20)13(8-12)14-6-11(19)7-16-17(14)22-10(2)18-23-21-9-24(16)18/h4-9H,3H2,1-2H3. The third-order valence-electron chi connectivity index (χ3n) is 4.00. The molecular formula is C18H14BrClN4O. The topological polar surface area (TPSA) is 52.3 Å². The van der Waals surface area contributed by atoms with Crippen molar-refractivity contribution in [3.8, 4) is 16.9 Å². The quantitative estimate of drug-likeness (QED) is 0.467. The molecule has 5 nitrogen and oxygen atoms in total. The van der Waals surface area contributed by atoms with Crippen LogP contribution in [0.3, 0.4) is 0 Å². The van der Waals surface area contributed by atoms with Crippen molar-refractivity contribution in [2.75, 3.05) is 6.61 Å². The van der Waals surface area contributed by atoms with Crippen LogP contribution in [0.1, 0.15) is 12.6 Å². The number of hydrogen-bond acceptors (Lipinski definition) is 4. The van der Waals surface area contributed by atoms with Gasteiger partial charge in [0.05, 0.1) is 23.3 Å². The van der Waals surface area contributed by atoms with E-state index in [1.54, 1.807) is 6.33 Å². The summed E-state index contributed by atoms with van der Waals surface area (Å²) in [5, 5.41) is 8.80. The van der Waals surface area contributed by atoms with Crippen LogP contribution in [0.5, 0.6) is 5.75 Å². The van der Waals surface area contributed by atoms with E-state index in [-0.39, 0.29) is 0 Å². The minimum atomic E-state index is 0.596. The van der Waals surface area contributed by atoms with Crippen LogP contribution in [0.15, 0.2) is 41.1 Å². The number of fused-ring (bicyclic) bond motifs is 3. The second kappa shape index (κ2) is 6.28. The number of rotatable bonds is 3. The van der Waals surface area contributed by atoms with E-state index in [2.05, 4.69) is 26.1 Å². The fourth-order valence-electron chi connectivity index (χ4n) is 2.93. The molecule has 0 atom stereocenters. The van der Waals surface area contributed by atoms with E-state index in [4.69, 9.17) is 21.3 Å². The van der Waals surface area contributed by atoms with Crippen LogP contribution in [0.25, 0.3) is 27.8 Å². The summed E-state index contributed by atoms with van der Waals surface area (Å²) in [4.78, 5) is 4.77. The average molecular weight is 418 g/mol. The molecule has 7 heteroatoms. The molecule has 2 heterocycles. The summed E-state index contributed by atoms with van der Waals surface area (Å²) in [5.41, 5.74) is 5.10. The third-order valence-corrected chi connectivity index (χ3v) is 4.79. The molecule has 126 valence electrons. The Morgan fingerprint density at radius 1 is 1.20 bits per heavy atom.